The number of aryl methyl sites for hydroxylation is 1. The molecule has 64 valence electrons. The van der Waals surface area contributed by atoms with Gasteiger partial charge in [0.05, 0.1) is 0 Å². The second-order valence-corrected chi connectivity index (χ2v) is 3.84. The van der Waals surface area contributed by atoms with Crippen LogP contribution in [0, 0.1) is 18.3 Å². The van der Waals surface area contributed by atoms with Crippen LogP contribution in [0.1, 0.15) is 11.3 Å². The average Bonchev–Trinajstić information content (AvgIpc) is 2.42. The molecule has 0 atom stereocenters. The highest BCUT2D eigenvalue weighted by atomic mass is 79.9. The van der Waals surface area contributed by atoms with Gasteiger partial charge in [0, 0.05) is 15.4 Å². The molecule has 0 bridgehead atoms. The van der Waals surface area contributed by atoms with Crippen LogP contribution in [0.3, 0.4) is 0 Å². The fraction of sp³-hybridized carbons (Fsp3) is 0.100. The van der Waals surface area contributed by atoms with Crippen LogP contribution >= 0.6 is 15.9 Å². The largest absolute Gasteiger partial charge is 0.346 e. The number of rotatable bonds is 0. The van der Waals surface area contributed by atoms with Crippen molar-refractivity contribution < 1.29 is 0 Å². The molecule has 1 N–H and O–H groups in total. The number of nitrogens with zero attached hydrogens (tertiary/aromatic N) is 1. The smallest absolute Gasteiger partial charge is 0.121 e. The maximum Gasteiger partial charge on any atom is 0.121 e. The monoisotopic (exact) mass is 234 g/mol. The number of benzene rings is 1. The van der Waals surface area contributed by atoms with E-state index in [4.69, 9.17) is 5.26 Å². The van der Waals surface area contributed by atoms with Crippen LogP contribution < -0.4 is 0 Å². The molecule has 1 aromatic heterocycles. The van der Waals surface area contributed by atoms with Crippen molar-refractivity contribution in [1.29, 1.82) is 5.26 Å². The van der Waals surface area contributed by atoms with E-state index in [9.17, 15) is 0 Å². The Morgan fingerprint density at radius 1 is 1.46 bits per heavy atom. The topological polar surface area (TPSA) is 39.6 Å². The maximum absolute atomic E-state index is 8.80. The zero-order valence-electron chi connectivity index (χ0n) is 7.06. The minimum Gasteiger partial charge on any atom is -0.346 e. The highest BCUT2D eigenvalue weighted by Crippen LogP contribution is 2.24. The van der Waals surface area contributed by atoms with Crippen LogP contribution in [-0.2, 0) is 0 Å². The molecule has 0 unspecified atom stereocenters. The first-order valence-corrected chi connectivity index (χ1v) is 4.69. The van der Waals surface area contributed by atoms with Crippen molar-refractivity contribution in [3.63, 3.8) is 0 Å². The van der Waals surface area contributed by atoms with E-state index in [1.165, 1.54) is 0 Å². The molecular formula is C10H7BrN2. The molecule has 0 fully saturated rings. The van der Waals surface area contributed by atoms with Crippen LogP contribution in [0.15, 0.2) is 22.7 Å². The van der Waals surface area contributed by atoms with Crippen molar-refractivity contribution in [1.82, 2.24) is 4.98 Å². The molecular weight excluding hydrogens is 228 g/mol. The Kier molecular flexibility index (Phi) is 1.86. The summed E-state index contributed by atoms with van der Waals surface area (Å²) in [6.07, 6.45) is 0. The SMILES string of the molecule is Cc1c(C#N)[nH]c2cc(Br)ccc12. The van der Waals surface area contributed by atoms with E-state index < -0.39 is 0 Å². The average molecular weight is 235 g/mol. The number of hydrogen-bond acceptors (Lipinski definition) is 1. The van der Waals surface area contributed by atoms with Gasteiger partial charge in [-0.25, -0.2) is 0 Å². The quantitative estimate of drug-likeness (QED) is 0.748. The van der Waals surface area contributed by atoms with Crippen LogP contribution in [0.4, 0.5) is 0 Å². The summed E-state index contributed by atoms with van der Waals surface area (Å²) < 4.78 is 1.02. The number of nitriles is 1. The molecule has 0 saturated heterocycles. The molecule has 0 radical (unpaired) electrons. The summed E-state index contributed by atoms with van der Waals surface area (Å²) in [4.78, 5) is 3.06. The molecule has 1 heterocycles. The van der Waals surface area contributed by atoms with E-state index in [2.05, 4.69) is 27.0 Å². The standard InChI is InChI=1S/C10H7BrN2/c1-6-8-3-2-7(11)4-9(8)13-10(6)5-12/h2-4,13H,1H3. The minimum atomic E-state index is 0.646. The second kappa shape index (κ2) is 2.90. The molecule has 0 spiro atoms. The highest BCUT2D eigenvalue weighted by molar-refractivity contribution is 9.10. The van der Waals surface area contributed by atoms with Crippen molar-refractivity contribution in [3.05, 3.63) is 33.9 Å². The number of aromatic amines is 1. The normalized spacial score (nSPS) is 10.2. The van der Waals surface area contributed by atoms with Crippen molar-refractivity contribution in [3.8, 4) is 6.07 Å². The summed E-state index contributed by atoms with van der Waals surface area (Å²) >= 11 is 3.39. The van der Waals surface area contributed by atoms with E-state index in [-0.39, 0.29) is 0 Å². The number of halogens is 1. The van der Waals surface area contributed by atoms with Gasteiger partial charge in [0.1, 0.15) is 11.8 Å². The first-order chi connectivity index (χ1) is 6.22. The second-order valence-electron chi connectivity index (χ2n) is 2.93. The first-order valence-electron chi connectivity index (χ1n) is 3.90. The molecule has 2 rings (SSSR count). The Morgan fingerprint density at radius 3 is 2.92 bits per heavy atom. The van der Waals surface area contributed by atoms with Gasteiger partial charge in [-0.3, -0.25) is 0 Å². The van der Waals surface area contributed by atoms with Gasteiger partial charge in [-0.2, -0.15) is 5.26 Å². The number of H-pyrrole nitrogens is 1. The van der Waals surface area contributed by atoms with E-state index in [1.54, 1.807) is 0 Å². The lowest BCUT2D eigenvalue weighted by atomic mass is 10.1. The Hall–Kier alpha value is -1.27. The summed E-state index contributed by atoms with van der Waals surface area (Å²) in [6.45, 7) is 1.95. The highest BCUT2D eigenvalue weighted by Gasteiger charge is 2.05. The van der Waals surface area contributed by atoms with Gasteiger partial charge in [0.2, 0.25) is 0 Å². The third kappa shape index (κ3) is 1.24. The lowest BCUT2D eigenvalue weighted by Gasteiger charge is -1.91. The van der Waals surface area contributed by atoms with Gasteiger partial charge in [0.25, 0.3) is 0 Å². The summed E-state index contributed by atoms with van der Waals surface area (Å²) in [6, 6.07) is 8.09. The zero-order valence-corrected chi connectivity index (χ0v) is 8.64. The molecule has 0 amide bonds. The maximum atomic E-state index is 8.80. The molecule has 1 aromatic carbocycles. The number of hydrogen-bond donors (Lipinski definition) is 1. The van der Waals surface area contributed by atoms with Crippen LogP contribution in [0.2, 0.25) is 0 Å². The van der Waals surface area contributed by atoms with Crippen molar-refractivity contribution in [2.75, 3.05) is 0 Å². The predicted molar refractivity (Wildman–Crippen MR) is 55.5 cm³/mol. The molecule has 0 aliphatic heterocycles. The third-order valence-corrected chi connectivity index (χ3v) is 2.63. The lowest BCUT2D eigenvalue weighted by Crippen LogP contribution is -1.73. The van der Waals surface area contributed by atoms with E-state index in [1.807, 2.05) is 25.1 Å². The fourth-order valence-electron chi connectivity index (χ4n) is 1.42. The Balaban J connectivity index is 2.86. The Labute approximate surface area is 84.3 Å². The minimum absolute atomic E-state index is 0.646. The molecule has 0 aliphatic carbocycles. The van der Waals surface area contributed by atoms with Gasteiger partial charge >= 0.3 is 0 Å². The van der Waals surface area contributed by atoms with Gasteiger partial charge in [-0.1, -0.05) is 22.0 Å². The molecule has 0 aliphatic rings. The Bertz CT molecular complexity index is 505. The molecule has 2 aromatic rings. The summed E-state index contributed by atoms with van der Waals surface area (Å²) in [5.41, 5.74) is 2.67. The van der Waals surface area contributed by atoms with E-state index in [0.29, 0.717) is 5.69 Å². The molecule has 0 saturated carbocycles. The summed E-state index contributed by atoms with van der Waals surface area (Å²) in [5, 5.41) is 9.91. The number of aromatic nitrogens is 1. The van der Waals surface area contributed by atoms with Crippen LogP contribution in [0.5, 0.6) is 0 Å². The van der Waals surface area contributed by atoms with Gasteiger partial charge in [0.15, 0.2) is 0 Å². The number of nitrogens with one attached hydrogen (secondary N) is 1. The van der Waals surface area contributed by atoms with E-state index in [0.717, 1.165) is 20.9 Å². The fourth-order valence-corrected chi connectivity index (χ4v) is 1.78. The Morgan fingerprint density at radius 2 is 2.23 bits per heavy atom. The van der Waals surface area contributed by atoms with Crippen LogP contribution in [-0.4, -0.2) is 4.98 Å². The van der Waals surface area contributed by atoms with Gasteiger partial charge in [-0.05, 0) is 24.6 Å². The van der Waals surface area contributed by atoms with Gasteiger partial charge < -0.3 is 4.98 Å². The first kappa shape index (κ1) is 8.33. The molecule has 13 heavy (non-hydrogen) atoms. The lowest BCUT2D eigenvalue weighted by molar-refractivity contribution is 1.33. The zero-order chi connectivity index (χ0) is 9.42. The van der Waals surface area contributed by atoms with Crippen LogP contribution in [0.25, 0.3) is 10.9 Å². The van der Waals surface area contributed by atoms with Crippen molar-refractivity contribution in [2.24, 2.45) is 0 Å². The van der Waals surface area contributed by atoms with E-state index >= 15 is 0 Å². The predicted octanol–water partition coefficient (Wildman–Crippen LogP) is 3.11. The molecule has 2 nitrogen and oxygen atoms in total. The third-order valence-electron chi connectivity index (χ3n) is 2.13. The summed E-state index contributed by atoms with van der Waals surface area (Å²) in [7, 11) is 0. The molecule has 3 heteroatoms. The van der Waals surface area contributed by atoms with Crippen molar-refractivity contribution >= 4 is 26.8 Å². The number of fused-ring (bicyclic) bond motifs is 1. The van der Waals surface area contributed by atoms with Crippen molar-refractivity contribution in [2.45, 2.75) is 6.92 Å². The summed E-state index contributed by atoms with van der Waals surface area (Å²) in [5.74, 6) is 0. The van der Waals surface area contributed by atoms with Gasteiger partial charge in [-0.15, -0.1) is 0 Å².